The summed E-state index contributed by atoms with van der Waals surface area (Å²) in [5, 5.41) is 0. The van der Waals surface area contributed by atoms with Crippen molar-refractivity contribution in [2.24, 2.45) is 17.8 Å². The molecule has 0 spiro atoms. The van der Waals surface area contributed by atoms with Crippen LogP contribution in [0.3, 0.4) is 0 Å². The number of carbonyl (C=O) groups is 1. The summed E-state index contributed by atoms with van der Waals surface area (Å²) in [6, 6.07) is 0. The summed E-state index contributed by atoms with van der Waals surface area (Å²) in [5.41, 5.74) is 0. The zero-order valence-electron chi connectivity index (χ0n) is 7.58. The molecule has 2 aliphatic rings. The quantitative estimate of drug-likeness (QED) is 0.560. The fourth-order valence-corrected chi connectivity index (χ4v) is 2.90. The van der Waals surface area contributed by atoms with E-state index >= 15 is 0 Å². The first-order valence-electron chi connectivity index (χ1n) is 4.89. The molecule has 0 N–H and O–H groups in total. The lowest BCUT2D eigenvalue weighted by molar-refractivity contribution is -0.146. The van der Waals surface area contributed by atoms with E-state index < -0.39 is 0 Å². The van der Waals surface area contributed by atoms with Gasteiger partial charge in [-0.25, -0.2) is 0 Å². The van der Waals surface area contributed by atoms with Gasteiger partial charge >= 0.3 is 5.97 Å². The van der Waals surface area contributed by atoms with Gasteiger partial charge in [-0.05, 0) is 31.1 Å². The molecule has 2 rings (SSSR count). The zero-order chi connectivity index (χ0) is 8.55. The first-order chi connectivity index (χ1) is 5.81. The van der Waals surface area contributed by atoms with E-state index in [0.717, 1.165) is 12.3 Å². The third kappa shape index (κ3) is 1.23. The van der Waals surface area contributed by atoms with Crippen LogP contribution in [0.4, 0.5) is 0 Å². The lowest BCUT2D eigenvalue weighted by Gasteiger charge is -2.19. The average Bonchev–Trinajstić information content (AvgIpc) is 2.40. The summed E-state index contributed by atoms with van der Waals surface area (Å²) in [7, 11) is 1.50. The Morgan fingerprint density at radius 2 is 2.17 bits per heavy atom. The Bertz CT molecular complexity index is 188. The van der Waals surface area contributed by atoms with Gasteiger partial charge in [0, 0.05) is 0 Å². The summed E-state index contributed by atoms with van der Waals surface area (Å²) in [6.45, 7) is 0. The average molecular weight is 168 g/mol. The Labute approximate surface area is 73.3 Å². The lowest BCUT2D eigenvalue weighted by Crippen LogP contribution is -2.19. The molecule has 2 bridgehead atoms. The molecule has 0 aromatic rings. The molecule has 2 unspecified atom stereocenters. The lowest BCUT2D eigenvalue weighted by atomic mass is 9.87. The van der Waals surface area contributed by atoms with Gasteiger partial charge in [0.15, 0.2) is 0 Å². The largest absolute Gasteiger partial charge is 0.469 e. The topological polar surface area (TPSA) is 26.3 Å². The van der Waals surface area contributed by atoms with E-state index in [1.807, 2.05) is 0 Å². The number of hydrogen-bond acceptors (Lipinski definition) is 2. The molecule has 2 fully saturated rings. The van der Waals surface area contributed by atoms with Crippen molar-refractivity contribution >= 4 is 5.97 Å². The van der Waals surface area contributed by atoms with E-state index in [2.05, 4.69) is 0 Å². The second-order valence-corrected chi connectivity index (χ2v) is 4.16. The molecule has 2 aliphatic carbocycles. The van der Waals surface area contributed by atoms with Crippen LogP contribution in [-0.2, 0) is 9.53 Å². The third-order valence-electron chi connectivity index (χ3n) is 3.48. The molecule has 0 radical (unpaired) electrons. The van der Waals surface area contributed by atoms with E-state index in [0.29, 0.717) is 5.92 Å². The van der Waals surface area contributed by atoms with Gasteiger partial charge in [-0.1, -0.05) is 12.8 Å². The van der Waals surface area contributed by atoms with Crippen molar-refractivity contribution in [3.63, 3.8) is 0 Å². The second kappa shape index (κ2) is 3.08. The van der Waals surface area contributed by atoms with Crippen molar-refractivity contribution in [3.05, 3.63) is 0 Å². The summed E-state index contributed by atoms with van der Waals surface area (Å²) >= 11 is 0. The van der Waals surface area contributed by atoms with Crippen LogP contribution in [0.5, 0.6) is 0 Å². The molecule has 2 heteroatoms. The highest BCUT2D eigenvalue weighted by Crippen LogP contribution is 2.46. The van der Waals surface area contributed by atoms with Gasteiger partial charge in [0.05, 0.1) is 13.0 Å². The van der Waals surface area contributed by atoms with Gasteiger partial charge in [0.1, 0.15) is 0 Å². The summed E-state index contributed by atoms with van der Waals surface area (Å²) < 4.78 is 4.80. The molecule has 0 amide bonds. The number of hydrogen-bond donors (Lipinski definition) is 0. The number of methoxy groups -OCH3 is 1. The molecule has 0 saturated heterocycles. The standard InChI is InChI=1S/C10H16O2/c1-12-10(11)9-6-7-3-2-4-8(9)5-7/h7-9H,2-6H2,1H3/t7?,8?,9-/m0/s1. The molecule has 0 heterocycles. The molecule has 0 aromatic heterocycles. The van der Waals surface area contributed by atoms with Crippen LogP contribution in [0.2, 0.25) is 0 Å². The zero-order valence-corrected chi connectivity index (χ0v) is 7.58. The highest BCUT2D eigenvalue weighted by molar-refractivity contribution is 5.73. The fraction of sp³-hybridized carbons (Fsp3) is 0.900. The van der Waals surface area contributed by atoms with Crippen molar-refractivity contribution in [2.45, 2.75) is 32.1 Å². The van der Waals surface area contributed by atoms with E-state index in [4.69, 9.17) is 4.74 Å². The third-order valence-corrected chi connectivity index (χ3v) is 3.48. The molecule has 68 valence electrons. The van der Waals surface area contributed by atoms with Gasteiger partial charge in [-0.15, -0.1) is 0 Å². The maximum absolute atomic E-state index is 11.3. The van der Waals surface area contributed by atoms with Gasteiger partial charge in [-0.2, -0.15) is 0 Å². The van der Waals surface area contributed by atoms with Crippen LogP contribution in [0.1, 0.15) is 32.1 Å². The predicted octanol–water partition coefficient (Wildman–Crippen LogP) is 1.99. The smallest absolute Gasteiger partial charge is 0.308 e. The van der Waals surface area contributed by atoms with Crippen molar-refractivity contribution in [1.82, 2.24) is 0 Å². The molecule has 12 heavy (non-hydrogen) atoms. The highest BCUT2D eigenvalue weighted by Gasteiger charge is 2.41. The Morgan fingerprint density at radius 3 is 2.83 bits per heavy atom. The minimum atomic E-state index is 0.0319. The van der Waals surface area contributed by atoms with Crippen LogP contribution in [0, 0.1) is 17.8 Å². The van der Waals surface area contributed by atoms with Crippen molar-refractivity contribution < 1.29 is 9.53 Å². The van der Waals surface area contributed by atoms with Gasteiger partial charge in [0.25, 0.3) is 0 Å². The Balaban J connectivity index is 2.04. The van der Waals surface area contributed by atoms with Gasteiger partial charge in [-0.3, -0.25) is 4.79 Å². The summed E-state index contributed by atoms with van der Waals surface area (Å²) in [6.07, 6.45) is 6.28. The van der Waals surface area contributed by atoms with Crippen LogP contribution in [-0.4, -0.2) is 13.1 Å². The molecule has 2 nitrogen and oxygen atoms in total. The Morgan fingerprint density at radius 1 is 1.33 bits per heavy atom. The van der Waals surface area contributed by atoms with E-state index in [9.17, 15) is 4.79 Å². The minimum absolute atomic E-state index is 0.0319. The van der Waals surface area contributed by atoms with Gasteiger partial charge in [0.2, 0.25) is 0 Å². The first kappa shape index (κ1) is 8.09. The SMILES string of the molecule is COC(=O)[C@H]1CC2CCCC1C2. The van der Waals surface area contributed by atoms with Crippen LogP contribution < -0.4 is 0 Å². The Hall–Kier alpha value is -0.530. The summed E-state index contributed by atoms with van der Waals surface area (Å²) in [5.74, 6) is 1.75. The number of carbonyl (C=O) groups excluding carboxylic acids is 1. The number of ether oxygens (including phenoxy) is 1. The first-order valence-corrected chi connectivity index (χ1v) is 4.89. The fourth-order valence-electron chi connectivity index (χ4n) is 2.90. The molecule has 0 aromatic carbocycles. The monoisotopic (exact) mass is 168 g/mol. The normalized spacial score (nSPS) is 39.6. The van der Waals surface area contributed by atoms with Crippen LogP contribution in [0.15, 0.2) is 0 Å². The van der Waals surface area contributed by atoms with Crippen molar-refractivity contribution in [1.29, 1.82) is 0 Å². The predicted molar refractivity (Wildman–Crippen MR) is 45.6 cm³/mol. The highest BCUT2D eigenvalue weighted by atomic mass is 16.5. The number of fused-ring (bicyclic) bond motifs is 2. The van der Waals surface area contributed by atoms with Crippen molar-refractivity contribution in [2.75, 3.05) is 7.11 Å². The summed E-state index contributed by atoms with van der Waals surface area (Å²) in [4.78, 5) is 11.3. The van der Waals surface area contributed by atoms with E-state index in [1.54, 1.807) is 0 Å². The van der Waals surface area contributed by atoms with Crippen molar-refractivity contribution in [3.8, 4) is 0 Å². The minimum Gasteiger partial charge on any atom is -0.469 e. The molecular formula is C10H16O2. The van der Waals surface area contributed by atoms with E-state index in [1.165, 1.54) is 32.8 Å². The number of esters is 1. The number of rotatable bonds is 1. The Kier molecular flexibility index (Phi) is 2.07. The van der Waals surface area contributed by atoms with Crippen LogP contribution >= 0.6 is 0 Å². The molecule has 3 atom stereocenters. The second-order valence-electron chi connectivity index (χ2n) is 4.16. The van der Waals surface area contributed by atoms with Gasteiger partial charge < -0.3 is 4.74 Å². The molecular weight excluding hydrogens is 152 g/mol. The van der Waals surface area contributed by atoms with Crippen LogP contribution in [0.25, 0.3) is 0 Å². The molecule has 0 aliphatic heterocycles. The van der Waals surface area contributed by atoms with E-state index in [-0.39, 0.29) is 11.9 Å². The maximum atomic E-state index is 11.3. The maximum Gasteiger partial charge on any atom is 0.308 e. The molecule has 2 saturated carbocycles.